The Kier molecular flexibility index (Phi) is 4.94. The Morgan fingerprint density at radius 3 is 3.00 bits per heavy atom. The molecule has 3 aromatic heterocycles. The zero-order chi connectivity index (χ0) is 18.7. The van der Waals surface area contributed by atoms with E-state index in [4.69, 9.17) is 4.74 Å². The van der Waals surface area contributed by atoms with E-state index in [1.807, 2.05) is 0 Å². The van der Waals surface area contributed by atoms with Gasteiger partial charge in [-0.3, -0.25) is 0 Å². The number of esters is 1. The van der Waals surface area contributed by atoms with Crippen molar-refractivity contribution in [3.8, 4) is 5.88 Å². The number of anilines is 1. The molecule has 0 bridgehead atoms. The number of fused-ring (bicyclic) bond motifs is 1. The largest absolute Gasteiger partial charge is 0.493 e. The maximum atomic E-state index is 13.4. The summed E-state index contributed by atoms with van der Waals surface area (Å²) in [6.45, 7) is 1.46. The maximum absolute atomic E-state index is 13.4. The smallest absolute Gasteiger partial charge is 0.343 e. The predicted octanol–water partition coefficient (Wildman–Crippen LogP) is 1.29. The number of aromatic hydroxyl groups is 1. The van der Waals surface area contributed by atoms with Crippen LogP contribution in [0.1, 0.15) is 28.9 Å². The number of rotatable bonds is 6. The summed E-state index contributed by atoms with van der Waals surface area (Å²) in [4.78, 5) is 19.8. The Morgan fingerprint density at radius 2 is 2.27 bits per heavy atom. The zero-order valence-corrected chi connectivity index (χ0v) is 13.8. The molecular formula is C16H16FN5O4. The fraction of sp³-hybridized carbons (Fsp3) is 0.250. The van der Waals surface area contributed by atoms with Crippen molar-refractivity contribution in [1.82, 2.24) is 19.6 Å². The second kappa shape index (κ2) is 7.31. The third kappa shape index (κ3) is 3.40. The van der Waals surface area contributed by atoms with Crippen LogP contribution < -0.4 is 5.32 Å². The molecule has 0 aliphatic heterocycles. The molecule has 1 atom stereocenters. The number of halogens is 1. The van der Waals surface area contributed by atoms with Gasteiger partial charge in [-0.1, -0.05) is 0 Å². The Morgan fingerprint density at radius 1 is 1.46 bits per heavy atom. The molecule has 3 rings (SSSR count). The van der Waals surface area contributed by atoms with Crippen molar-refractivity contribution >= 4 is 17.4 Å². The molecule has 0 aromatic carbocycles. The van der Waals surface area contributed by atoms with Gasteiger partial charge >= 0.3 is 5.97 Å². The summed E-state index contributed by atoms with van der Waals surface area (Å²) in [7, 11) is 0. The van der Waals surface area contributed by atoms with Gasteiger partial charge in [0.25, 0.3) is 0 Å². The molecule has 0 fully saturated rings. The summed E-state index contributed by atoms with van der Waals surface area (Å²) >= 11 is 0. The Bertz CT molecular complexity index is 946. The molecule has 0 aliphatic rings. The van der Waals surface area contributed by atoms with Gasteiger partial charge in [0.15, 0.2) is 5.65 Å². The van der Waals surface area contributed by atoms with Crippen molar-refractivity contribution in [2.24, 2.45) is 0 Å². The fourth-order valence-corrected chi connectivity index (χ4v) is 2.41. The summed E-state index contributed by atoms with van der Waals surface area (Å²) in [5.74, 6) is -1.33. The highest BCUT2D eigenvalue weighted by molar-refractivity contribution is 5.95. The van der Waals surface area contributed by atoms with Crippen LogP contribution in [-0.4, -0.2) is 49.0 Å². The summed E-state index contributed by atoms with van der Waals surface area (Å²) in [6.07, 6.45) is 3.77. The first-order chi connectivity index (χ1) is 12.5. The van der Waals surface area contributed by atoms with Crippen LogP contribution in [0.5, 0.6) is 5.88 Å². The summed E-state index contributed by atoms with van der Waals surface area (Å²) in [6, 6.07) is 1.76. The molecule has 0 spiro atoms. The lowest BCUT2D eigenvalue weighted by molar-refractivity contribution is 0.0528. The summed E-state index contributed by atoms with van der Waals surface area (Å²) < 4.78 is 19.8. The number of hydrogen-bond donors (Lipinski definition) is 3. The first-order valence-corrected chi connectivity index (χ1v) is 7.76. The molecule has 0 saturated carbocycles. The van der Waals surface area contributed by atoms with Gasteiger partial charge in [0.05, 0.1) is 31.6 Å². The lowest BCUT2D eigenvalue weighted by Gasteiger charge is -2.18. The molecule has 0 radical (unpaired) electrons. The third-order valence-corrected chi connectivity index (χ3v) is 3.61. The lowest BCUT2D eigenvalue weighted by Crippen LogP contribution is -2.17. The standard InChI is InChI=1S/C16H16FN5O4/c1-2-26-16(25)11-7-19-22-4-3-13(21-14(11)22)20-12(8-23)10-5-9(17)6-18-15(10)24/h3-7,12,23H,2,8H2,1H3,(H,18,24)(H,20,21). The van der Waals surface area contributed by atoms with E-state index in [1.54, 1.807) is 19.2 Å². The Labute approximate surface area is 147 Å². The minimum atomic E-state index is -0.859. The molecule has 1 unspecified atom stereocenters. The maximum Gasteiger partial charge on any atom is 0.343 e. The Balaban J connectivity index is 1.93. The number of ether oxygens (including phenoxy) is 1. The average Bonchev–Trinajstić information content (AvgIpc) is 3.05. The number of aliphatic hydroxyl groups excluding tert-OH is 1. The molecule has 26 heavy (non-hydrogen) atoms. The molecule has 9 nitrogen and oxygen atoms in total. The summed E-state index contributed by atoms with van der Waals surface area (Å²) in [5, 5.41) is 26.3. The van der Waals surface area contributed by atoms with Gasteiger partial charge < -0.3 is 20.3 Å². The van der Waals surface area contributed by atoms with Crippen molar-refractivity contribution in [2.75, 3.05) is 18.5 Å². The van der Waals surface area contributed by atoms with Crippen LogP contribution in [0, 0.1) is 5.82 Å². The quantitative estimate of drug-likeness (QED) is 0.562. The molecule has 0 aliphatic carbocycles. The number of carbonyl (C=O) groups is 1. The van der Waals surface area contributed by atoms with E-state index in [9.17, 15) is 19.4 Å². The van der Waals surface area contributed by atoms with Crippen LogP contribution in [0.4, 0.5) is 10.2 Å². The minimum Gasteiger partial charge on any atom is -0.493 e. The molecule has 0 amide bonds. The fourth-order valence-electron chi connectivity index (χ4n) is 2.41. The van der Waals surface area contributed by atoms with E-state index in [2.05, 4.69) is 20.4 Å². The first-order valence-electron chi connectivity index (χ1n) is 7.76. The van der Waals surface area contributed by atoms with E-state index in [1.165, 1.54) is 10.7 Å². The SMILES string of the molecule is CCOC(=O)c1cnn2ccc(NC(CO)c3cc(F)cnc3O)nc12. The third-order valence-electron chi connectivity index (χ3n) is 3.61. The van der Waals surface area contributed by atoms with E-state index in [0.29, 0.717) is 0 Å². The highest BCUT2D eigenvalue weighted by atomic mass is 19.1. The first kappa shape index (κ1) is 17.5. The van der Waals surface area contributed by atoms with Crippen LogP contribution in [0.3, 0.4) is 0 Å². The van der Waals surface area contributed by atoms with Crippen molar-refractivity contribution in [1.29, 1.82) is 0 Å². The Hall–Kier alpha value is -3.27. The highest BCUT2D eigenvalue weighted by Gasteiger charge is 2.19. The van der Waals surface area contributed by atoms with Crippen molar-refractivity contribution in [3.63, 3.8) is 0 Å². The van der Waals surface area contributed by atoms with E-state index >= 15 is 0 Å². The second-order valence-corrected chi connectivity index (χ2v) is 5.31. The van der Waals surface area contributed by atoms with Gasteiger partial charge in [0, 0.05) is 11.8 Å². The number of pyridine rings is 1. The number of carbonyl (C=O) groups excluding carboxylic acids is 1. The molecular weight excluding hydrogens is 345 g/mol. The topological polar surface area (TPSA) is 122 Å². The van der Waals surface area contributed by atoms with Gasteiger partial charge in [-0.05, 0) is 19.1 Å². The second-order valence-electron chi connectivity index (χ2n) is 5.31. The molecule has 3 N–H and O–H groups in total. The van der Waals surface area contributed by atoms with E-state index in [-0.39, 0.29) is 29.2 Å². The van der Waals surface area contributed by atoms with Crippen LogP contribution in [-0.2, 0) is 4.74 Å². The van der Waals surface area contributed by atoms with Crippen LogP contribution in [0.15, 0.2) is 30.7 Å². The van der Waals surface area contributed by atoms with Crippen molar-refractivity contribution < 1.29 is 24.1 Å². The number of nitrogens with zero attached hydrogens (tertiary/aromatic N) is 4. The van der Waals surface area contributed by atoms with Gasteiger partial charge in [-0.2, -0.15) is 5.10 Å². The van der Waals surface area contributed by atoms with Crippen molar-refractivity contribution in [2.45, 2.75) is 13.0 Å². The predicted molar refractivity (Wildman–Crippen MR) is 88.3 cm³/mol. The monoisotopic (exact) mass is 361 g/mol. The number of aromatic nitrogens is 4. The highest BCUT2D eigenvalue weighted by Crippen LogP contribution is 2.25. The molecule has 10 heteroatoms. The normalized spacial score (nSPS) is 12.1. The zero-order valence-electron chi connectivity index (χ0n) is 13.8. The van der Waals surface area contributed by atoms with Gasteiger partial charge in [-0.25, -0.2) is 23.7 Å². The number of nitrogens with one attached hydrogen (secondary N) is 1. The molecule has 0 saturated heterocycles. The van der Waals surface area contributed by atoms with Crippen LogP contribution in [0.25, 0.3) is 5.65 Å². The van der Waals surface area contributed by atoms with Gasteiger partial charge in [0.2, 0.25) is 5.88 Å². The van der Waals surface area contributed by atoms with Crippen LogP contribution >= 0.6 is 0 Å². The molecule has 136 valence electrons. The van der Waals surface area contributed by atoms with E-state index < -0.39 is 30.3 Å². The minimum absolute atomic E-state index is 0.0771. The molecule has 3 aromatic rings. The number of hydrogen-bond acceptors (Lipinski definition) is 8. The van der Waals surface area contributed by atoms with Crippen LogP contribution in [0.2, 0.25) is 0 Å². The number of aliphatic hydroxyl groups is 1. The average molecular weight is 361 g/mol. The summed E-state index contributed by atoms with van der Waals surface area (Å²) in [5.41, 5.74) is 0.520. The lowest BCUT2D eigenvalue weighted by atomic mass is 10.1. The van der Waals surface area contributed by atoms with Gasteiger partial charge in [0.1, 0.15) is 17.2 Å². The van der Waals surface area contributed by atoms with E-state index in [0.717, 1.165) is 12.3 Å². The molecule has 3 heterocycles. The van der Waals surface area contributed by atoms with Gasteiger partial charge in [-0.15, -0.1) is 0 Å². The van der Waals surface area contributed by atoms with Crippen molar-refractivity contribution in [3.05, 3.63) is 47.7 Å².